The molecule has 0 spiro atoms. The van der Waals surface area contributed by atoms with Gasteiger partial charge in [-0.2, -0.15) is 0 Å². The number of benzene rings is 2. The van der Waals surface area contributed by atoms with Gasteiger partial charge in [0.2, 0.25) is 0 Å². The molecule has 21 heavy (non-hydrogen) atoms. The van der Waals surface area contributed by atoms with Crippen LogP contribution in [0.3, 0.4) is 0 Å². The van der Waals surface area contributed by atoms with Gasteiger partial charge >= 0.3 is 0 Å². The van der Waals surface area contributed by atoms with Crippen LogP contribution in [0.5, 0.6) is 11.5 Å². The summed E-state index contributed by atoms with van der Waals surface area (Å²) in [5.74, 6) is 0.682. The molecule has 0 fully saturated rings. The van der Waals surface area contributed by atoms with Gasteiger partial charge in [0.05, 0.1) is 5.69 Å². The molecule has 1 aliphatic heterocycles. The number of para-hydroxylation sites is 2. The number of anilines is 1. The van der Waals surface area contributed by atoms with E-state index in [0.717, 1.165) is 18.4 Å². The summed E-state index contributed by atoms with van der Waals surface area (Å²) in [5.41, 5.74) is 1.64. The summed E-state index contributed by atoms with van der Waals surface area (Å²) in [6.45, 7) is 0.583. The summed E-state index contributed by atoms with van der Waals surface area (Å²) in [4.78, 5) is 14.0. The third kappa shape index (κ3) is 2.84. The lowest BCUT2D eigenvalue weighted by Crippen LogP contribution is -2.38. The number of carbonyl (C=O) groups excluding carboxylic acids is 1. The first-order chi connectivity index (χ1) is 10.3. The van der Waals surface area contributed by atoms with Crippen molar-refractivity contribution in [2.75, 3.05) is 18.1 Å². The van der Waals surface area contributed by atoms with Gasteiger partial charge in [-0.3, -0.25) is 4.79 Å². The zero-order valence-electron chi connectivity index (χ0n) is 11.7. The Bertz CT molecular complexity index is 640. The van der Waals surface area contributed by atoms with Crippen molar-refractivity contribution in [2.24, 2.45) is 0 Å². The van der Waals surface area contributed by atoms with Crippen molar-refractivity contribution in [3.8, 4) is 11.5 Å². The van der Waals surface area contributed by atoms with E-state index in [1.807, 2.05) is 42.5 Å². The van der Waals surface area contributed by atoms with Gasteiger partial charge < -0.3 is 14.7 Å². The number of ether oxygens (including phenoxy) is 1. The molecule has 0 saturated carbocycles. The van der Waals surface area contributed by atoms with Gasteiger partial charge in [-0.1, -0.05) is 30.3 Å². The Balaban J connectivity index is 1.75. The molecule has 108 valence electrons. The maximum Gasteiger partial charge on any atom is 0.265 e. The van der Waals surface area contributed by atoms with Crippen molar-refractivity contribution in [3.05, 3.63) is 54.1 Å². The van der Waals surface area contributed by atoms with Crippen LogP contribution in [0.15, 0.2) is 48.5 Å². The van der Waals surface area contributed by atoms with Crippen LogP contribution < -0.4 is 9.64 Å². The second kappa shape index (κ2) is 5.87. The molecule has 0 bridgehead atoms. The summed E-state index contributed by atoms with van der Waals surface area (Å²) in [5, 5.41) is 10.0. The number of nitrogens with zero attached hydrogens (tertiary/aromatic N) is 1. The van der Waals surface area contributed by atoms with Crippen LogP contribution >= 0.6 is 0 Å². The Labute approximate surface area is 123 Å². The summed E-state index contributed by atoms with van der Waals surface area (Å²) < 4.78 is 5.50. The number of aromatic hydroxyl groups is 1. The largest absolute Gasteiger partial charge is 0.506 e. The molecular weight excluding hydrogens is 266 g/mol. The number of phenolic OH excluding ortho intramolecular Hbond substituents is 1. The van der Waals surface area contributed by atoms with Gasteiger partial charge in [-0.05, 0) is 36.6 Å². The summed E-state index contributed by atoms with van der Waals surface area (Å²) in [6.07, 6.45) is 1.78. The van der Waals surface area contributed by atoms with E-state index in [1.165, 1.54) is 0 Å². The second-order valence-electron chi connectivity index (χ2n) is 5.04. The Kier molecular flexibility index (Phi) is 3.77. The van der Waals surface area contributed by atoms with Crippen LogP contribution in [-0.2, 0) is 11.2 Å². The molecule has 4 heteroatoms. The highest BCUT2D eigenvalue weighted by Gasteiger charge is 2.25. The van der Waals surface area contributed by atoms with Gasteiger partial charge in [0.25, 0.3) is 5.91 Å². The predicted octanol–water partition coefficient (Wildman–Crippen LogP) is 2.75. The normalized spacial score (nSPS) is 13.6. The van der Waals surface area contributed by atoms with Crippen LogP contribution in [0.4, 0.5) is 5.69 Å². The molecule has 2 aromatic rings. The Morgan fingerprint density at radius 2 is 1.95 bits per heavy atom. The van der Waals surface area contributed by atoms with Crippen molar-refractivity contribution in [1.29, 1.82) is 0 Å². The molecule has 1 aliphatic rings. The number of hydrogen-bond donors (Lipinski definition) is 1. The Morgan fingerprint density at radius 3 is 2.76 bits per heavy atom. The van der Waals surface area contributed by atoms with Gasteiger partial charge in [0, 0.05) is 6.54 Å². The lowest BCUT2D eigenvalue weighted by molar-refractivity contribution is -0.120. The van der Waals surface area contributed by atoms with Crippen molar-refractivity contribution >= 4 is 11.6 Å². The first-order valence-corrected chi connectivity index (χ1v) is 7.05. The molecule has 3 rings (SSSR count). The molecule has 2 aromatic carbocycles. The standard InChI is InChI=1S/C17H17NO3/c19-15-10-4-6-13-7-5-11-18(17(13)15)16(20)12-21-14-8-2-1-3-9-14/h1-4,6,8-10,19H,5,7,11-12H2. The van der Waals surface area contributed by atoms with Gasteiger partial charge in [-0.25, -0.2) is 0 Å². The van der Waals surface area contributed by atoms with E-state index in [4.69, 9.17) is 4.74 Å². The average molecular weight is 283 g/mol. The lowest BCUT2D eigenvalue weighted by atomic mass is 10.0. The van der Waals surface area contributed by atoms with Crippen molar-refractivity contribution in [2.45, 2.75) is 12.8 Å². The predicted molar refractivity (Wildman–Crippen MR) is 80.7 cm³/mol. The molecule has 0 unspecified atom stereocenters. The van der Waals surface area contributed by atoms with E-state index in [9.17, 15) is 9.90 Å². The summed E-state index contributed by atoms with van der Waals surface area (Å²) in [7, 11) is 0. The number of aryl methyl sites for hydroxylation is 1. The third-order valence-electron chi connectivity index (χ3n) is 3.60. The maximum atomic E-state index is 12.4. The molecule has 0 aliphatic carbocycles. The minimum Gasteiger partial charge on any atom is -0.506 e. The van der Waals surface area contributed by atoms with Crippen molar-refractivity contribution < 1.29 is 14.6 Å². The van der Waals surface area contributed by atoms with Crippen LogP contribution in [0, 0.1) is 0 Å². The van der Waals surface area contributed by atoms with Crippen molar-refractivity contribution in [3.63, 3.8) is 0 Å². The van der Waals surface area contributed by atoms with Gasteiger partial charge in [0.15, 0.2) is 6.61 Å². The van der Waals surface area contributed by atoms with E-state index in [-0.39, 0.29) is 18.3 Å². The number of amides is 1. The van der Waals surface area contributed by atoms with Crippen LogP contribution in [0.1, 0.15) is 12.0 Å². The quantitative estimate of drug-likeness (QED) is 0.942. The highest BCUT2D eigenvalue weighted by molar-refractivity contribution is 5.97. The molecule has 4 nitrogen and oxygen atoms in total. The minimum atomic E-state index is -0.138. The first kappa shape index (κ1) is 13.5. The van der Waals surface area contributed by atoms with Gasteiger partial charge in [-0.15, -0.1) is 0 Å². The highest BCUT2D eigenvalue weighted by atomic mass is 16.5. The monoisotopic (exact) mass is 283 g/mol. The van der Waals surface area contributed by atoms with Crippen LogP contribution in [0.2, 0.25) is 0 Å². The van der Waals surface area contributed by atoms with Crippen LogP contribution in [0.25, 0.3) is 0 Å². The molecule has 1 N–H and O–H groups in total. The lowest BCUT2D eigenvalue weighted by Gasteiger charge is -2.30. The molecule has 1 heterocycles. The molecule has 0 saturated heterocycles. The fourth-order valence-corrected chi connectivity index (χ4v) is 2.62. The average Bonchev–Trinajstić information content (AvgIpc) is 2.53. The molecule has 0 radical (unpaired) electrons. The number of hydrogen-bond acceptors (Lipinski definition) is 3. The fourth-order valence-electron chi connectivity index (χ4n) is 2.62. The minimum absolute atomic E-state index is 0.0300. The topological polar surface area (TPSA) is 49.8 Å². The number of phenols is 1. The molecule has 0 atom stereocenters. The summed E-state index contributed by atoms with van der Waals surface area (Å²) in [6, 6.07) is 14.6. The number of fused-ring (bicyclic) bond motifs is 1. The van der Waals surface area contributed by atoms with E-state index in [0.29, 0.717) is 18.0 Å². The third-order valence-corrected chi connectivity index (χ3v) is 3.60. The zero-order chi connectivity index (χ0) is 14.7. The van der Waals surface area contributed by atoms with Gasteiger partial charge in [0.1, 0.15) is 11.5 Å². The molecular formula is C17H17NO3. The highest BCUT2D eigenvalue weighted by Crippen LogP contribution is 2.35. The Hall–Kier alpha value is -2.49. The maximum absolute atomic E-state index is 12.4. The van der Waals surface area contributed by atoms with E-state index in [2.05, 4.69) is 0 Å². The van der Waals surface area contributed by atoms with E-state index >= 15 is 0 Å². The Morgan fingerprint density at radius 1 is 1.14 bits per heavy atom. The summed E-state index contributed by atoms with van der Waals surface area (Å²) >= 11 is 0. The number of carbonyl (C=O) groups is 1. The first-order valence-electron chi connectivity index (χ1n) is 7.05. The van der Waals surface area contributed by atoms with Crippen LogP contribution in [-0.4, -0.2) is 24.2 Å². The van der Waals surface area contributed by atoms with E-state index < -0.39 is 0 Å². The number of rotatable bonds is 3. The SMILES string of the molecule is O=C(COc1ccccc1)N1CCCc2cccc(O)c21. The van der Waals surface area contributed by atoms with Crippen molar-refractivity contribution in [1.82, 2.24) is 0 Å². The fraction of sp³-hybridized carbons (Fsp3) is 0.235. The molecule has 1 amide bonds. The molecule has 0 aromatic heterocycles. The second-order valence-corrected chi connectivity index (χ2v) is 5.04. The van der Waals surface area contributed by atoms with E-state index in [1.54, 1.807) is 11.0 Å². The smallest absolute Gasteiger partial charge is 0.265 e. The zero-order valence-corrected chi connectivity index (χ0v) is 11.7.